The maximum absolute atomic E-state index is 12.1. The van der Waals surface area contributed by atoms with Gasteiger partial charge in [-0.1, -0.05) is 26.0 Å². The molecule has 1 aromatic rings. The maximum Gasteiger partial charge on any atom is 0.240 e. The number of benzene rings is 1. The van der Waals surface area contributed by atoms with Gasteiger partial charge < -0.3 is 5.73 Å². The van der Waals surface area contributed by atoms with Gasteiger partial charge >= 0.3 is 0 Å². The molecule has 1 rings (SSSR count). The van der Waals surface area contributed by atoms with Crippen molar-refractivity contribution in [1.82, 2.24) is 4.72 Å². The summed E-state index contributed by atoms with van der Waals surface area (Å²) in [6, 6.07) is 6.94. The molecule has 0 heterocycles. The fourth-order valence-corrected chi connectivity index (χ4v) is 3.79. The van der Waals surface area contributed by atoms with E-state index < -0.39 is 10.0 Å². The minimum Gasteiger partial charge on any atom is -0.327 e. The molecule has 0 aromatic heterocycles. The Morgan fingerprint density at radius 3 is 1.85 bits per heavy atom. The molecule has 2 unspecified atom stereocenters. The van der Waals surface area contributed by atoms with Crippen LogP contribution < -0.4 is 10.5 Å². The quantitative estimate of drug-likeness (QED) is 0.847. The van der Waals surface area contributed by atoms with Gasteiger partial charge in [0.05, 0.1) is 4.90 Å². The summed E-state index contributed by atoms with van der Waals surface area (Å²) in [6.07, 6.45) is 0. The first-order chi connectivity index (χ1) is 9.15. The van der Waals surface area contributed by atoms with Crippen molar-refractivity contribution in [3.8, 4) is 0 Å². The lowest BCUT2D eigenvalue weighted by Gasteiger charge is -2.25. The number of nitrogens with one attached hydrogen (secondary N) is 1. The zero-order chi connectivity index (χ0) is 15.5. The molecule has 0 amide bonds. The van der Waals surface area contributed by atoms with E-state index in [9.17, 15) is 8.42 Å². The lowest BCUT2D eigenvalue weighted by atomic mass is 9.83. The van der Waals surface area contributed by atoms with Gasteiger partial charge in [-0.15, -0.1) is 0 Å². The highest BCUT2D eigenvalue weighted by Crippen LogP contribution is 2.27. The predicted octanol–water partition coefficient (Wildman–Crippen LogP) is 2.46. The Labute approximate surface area is 122 Å². The maximum atomic E-state index is 12.1. The zero-order valence-corrected chi connectivity index (χ0v) is 13.7. The van der Waals surface area contributed by atoms with Crippen molar-refractivity contribution in [3.05, 3.63) is 29.8 Å². The topological polar surface area (TPSA) is 72.2 Å². The summed E-state index contributed by atoms with van der Waals surface area (Å²) < 4.78 is 26.7. The molecule has 0 saturated heterocycles. The van der Waals surface area contributed by atoms with Gasteiger partial charge in [0.1, 0.15) is 0 Å². The monoisotopic (exact) mass is 298 g/mol. The largest absolute Gasteiger partial charge is 0.327 e. The van der Waals surface area contributed by atoms with Gasteiger partial charge in [-0.05, 0) is 44.4 Å². The fraction of sp³-hybridized carbons (Fsp3) is 0.600. The molecular formula is C15H26N2O2S. The first-order valence-electron chi connectivity index (χ1n) is 7.03. The highest BCUT2D eigenvalue weighted by molar-refractivity contribution is 7.89. The van der Waals surface area contributed by atoms with Gasteiger partial charge in [-0.3, -0.25) is 0 Å². The summed E-state index contributed by atoms with van der Waals surface area (Å²) in [5.74, 6) is 0.635. The van der Waals surface area contributed by atoms with Gasteiger partial charge in [-0.2, -0.15) is 0 Å². The SMILES string of the molecule is CC(C)NS(=O)(=O)c1ccc(C(C(C)C)C(C)N)cc1. The van der Waals surface area contributed by atoms with E-state index in [4.69, 9.17) is 5.73 Å². The summed E-state index contributed by atoms with van der Waals surface area (Å²) >= 11 is 0. The van der Waals surface area contributed by atoms with Crippen LogP contribution in [0, 0.1) is 5.92 Å². The minimum atomic E-state index is -3.42. The minimum absolute atomic E-state index is 0.0336. The molecule has 0 aliphatic heterocycles. The molecule has 4 nitrogen and oxygen atoms in total. The molecule has 2 atom stereocenters. The average molecular weight is 298 g/mol. The summed E-state index contributed by atoms with van der Waals surface area (Å²) in [6.45, 7) is 9.83. The molecule has 20 heavy (non-hydrogen) atoms. The molecule has 1 aromatic carbocycles. The van der Waals surface area contributed by atoms with Crippen molar-refractivity contribution >= 4 is 10.0 Å². The Morgan fingerprint density at radius 2 is 1.50 bits per heavy atom. The Hall–Kier alpha value is -0.910. The zero-order valence-electron chi connectivity index (χ0n) is 12.9. The first-order valence-corrected chi connectivity index (χ1v) is 8.51. The third-order valence-electron chi connectivity index (χ3n) is 3.25. The number of nitrogens with two attached hydrogens (primary N) is 1. The Balaban J connectivity index is 3.05. The van der Waals surface area contributed by atoms with Crippen molar-refractivity contribution in [2.24, 2.45) is 11.7 Å². The third-order valence-corrected chi connectivity index (χ3v) is 4.93. The molecule has 0 radical (unpaired) electrons. The molecule has 114 valence electrons. The lowest BCUT2D eigenvalue weighted by molar-refractivity contribution is 0.435. The molecule has 0 spiro atoms. The van der Waals surface area contributed by atoms with E-state index in [-0.39, 0.29) is 18.0 Å². The predicted molar refractivity (Wildman–Crippen MR) is 83.1 cm³/mol. The van der Waals surface area contributed by atoms with Gasteiger partial charge in [-0.25, -0.2) is 13.1 Å². The molecule has 0 aliphatic rings. The van der Waals surface area contributed by atoms with Gasteiger partial charge in [0.2, 0.25) is 10.0 Å². The van der Waals surface area contributed by atoms with E-state index in [0.717, 1.165) is 5.56 Å². The van der Waals surface area contributed by atoms with Crippen LogP contribution in [0.3, 0.4) is 0 Å². The number of sulfonamides is 1. The van der Waals surface area contributed by atoms with E-state index >= 15 is 0 Å². The highest BCUT2D eigenvalue weighted by Gasteiger charge is 2.21. The number of hydrogen-bond acceptors (Lipinski definition) is 3. The van der Waals surface area contributed by atoms with Gasteiger partial charge in [0, 0.05) is 18.0 Å². The fourth-order valence-electron chi connectivity index (χ4n) is 2.54. The van der Waals surface area contributed by atoms with Crippen LogP contribution >= 0.6 is 0 Å². The third kappa shape index (κ3) is 4.30. The average Bonchev–Trinajstić information content (AvgIpc) is 2.26. The van der Waals surface area contributed by atoms with Gasteiger partial charge in [0.15, 0.2) is 0 Å². The van der Waals surface area contributed by atoms with Crippen LogP contribution in [0.25, 0.3) is 0 Å². The van der Waals surface area contributed by atoms with Crippen molar-refractivity contribution in [1.29, 1.82) is 0 Å². The van der Waals surface area contributed by atoms with Crippen LogP contribution in [0.15, 0.2) is 29.2 Å². The van der Waals surface area contributed by atoms with E-state index in [1.54, 1.807) is 26.0 Å². The Bertz CT molecular complexity index is 511. The van der Waals surface area contributed by atoms with E-state index in [1.165, 1.54) is 0 Å². The summed E-state index contributed by atoms with van der Waals surface area (Å²) in [7, 11) is -3.42. The summed E-state index contributed by atoms with van der Waals surface area (Å²) in [5, 5.41) is 0. The molecule has 0 fully saturated rings. The van der Waals surface area contributed by atoms with E-state index in [2.05, 4.69) is 18.6 Å². The molecule has 5 heteroatoms. The molecule has 3 N–H and O–H groups in total. The van der Waals surface area contributed by atoms with Crippen molar-refractivity contribution < 1.29 is 8.42 Å². The number of hydrogen-bond donors (Lipinski definition) is 2. The normalized spacial score (nSPS) is 15.6. The Kier molecular flexibility index (Phi) is 5.74. The van der Waals surface area contributed by atoms with E-state index in [1.807, 2.05) is 19.1 Å². The second-order valence-corrected chi connectivity index (χ2v) is 7.69. The highest BCUT2D eigenvalue weighted by atomic mass is 32.2. The van der Waals surface area contributed by atoms with Gasteiger partial charge in [0.25, 0.3) is 0 Å². The van der Waals surface area contributed by atoms with Crippen LogP contribution in [0.1, 0.15) is 46.1 Å². The Morgan fingerprint density at radius 1 is 1.00 bits per heavy atom. The first kappa shape index (κ1) is 17.1. The second-order valence-electron chi connectivity index (χ2n) is 5.97. The summed E-state index contributed by atoms with van der Waals surface area (Å²) in [4.78, 5) is 0.294. The number of rotatable bonds is 6. The van der Waals surface area contributed by atoms with Crippen molar-refractivity contribution in [2.75, 3.05) is 0 Å². The molecular weight excluding hydrogens is 272 g/mol. The van der Waals surface area contributed by atoms with Crippen molar-refractivity contribution in [2.45, 2.75) is 57.5 Å². The molecule has 0 bridgehead atoms. The van der Waals surface area contributed by atoms with Crippen LogP contribution in [0.4, 0.5) is 0 Å². The van der Waals surface area contributed by atoms with Crippen molar-refractivity contribution in [3.63, 3.8) is 0 Å². The smallest absolute Gasteiger partial charge is 0.240 e. The molecule has 0 saturated carbocycles. The standard InChI is InChI=1S/C15H26N2O2S/c1-10(2)15(12(5)16)13-6-8-14(9-7-13)20(18,19)17-11(3)4/h6-12,15,17H,16H2,1-5H3. The van der Waals surface area contributed by atoms with Crippen LogP contribution in [0.5, 0.6) is 0 Å². The van der Waals surface area contributed by atoms with Crippen LogP contribution in [0.2, 0.25) is 0 Å². The van der Waals surface area contributed by atoms with E-state index in [0.29, 0.717) is 10.8 Å². The lowest BCUT2D eigenvalue weighted by Crippen LogP contribution is -2.30. The summed E-state index contributed by atoms with van der Waals surface area (Å²) in [5.41, 5.74) is 7.11. The van der Waals surface area contributed by atoms with Crippen LogP contribution in [-0.2, 0) is 10.0 Å². The molecule has 0 aliphatic carbocycles. The van der Waals surface area contributed by atoms with Crippen LogP contribution in [-0.4, -0.2) is 20.5 Å². The second kappa shape index (κ2) is 6.70.